The van der Waals surface area contributed by atoms with Crippen LogP contribution in [0.25, 0.3) is 21.5 Å². The summed E-state index contributed by atoms with van der Waals surface area (Å²) in [4.78, 5) is 37.4. The van der Waals surface area contributed by atoms with Crippen LogP contribution in [0.2, 0.25) is 0 Å². The van der Waals surface area contributed by atoms with Crippen molar-refractivity contribution >= 4 is 44.9 Å². The fourth-order valence-electron chi connectivity index (χ4n) is 3.13. The fraction of sp³-hybridized carbons (Fsp3) is 0.227. The van der Waals surface area contributed by atoms with Gasteiger partial charge in [0.05, 0.1) is 16.4 Å². The van der Waals surface area contributed by atoms with Crippen molar-refractivity contribution in [3.8, 4) is 11.3 Å². The van der Waals surface area contributed by atoms with Crippen LogP contribution in [0.1, 0.15) is 23.2 Å². The zero-order valence-electron chi connectivity index (χ0n) is 16.9. The van der Waals surface area contributed by atoms with E-state index in [1.807, 2.05) is 63.4 Å². The van der Waals surface area contributed by atoms with Gasteiger partial charge in [-0.3, -0.25) is 9.59 Å². The molecule has 0 unspecified atom stereocenters. The maximum absolute atomic E-state index is 12.5. The molecule has 8 heteroatoms. The molecule has 0 aliphatic carbocycles. The number of amides is 1. The van der Waals surface area contributed by atoms with Crippen molar-refractivity contribution in [3.63, 3.8) is 0 Å². The third kappa shape index (κ3) is 4.20. The highest BCUT2D eigenvalue weighted by atomic mass is 32.2. The second-order valence-electron chi connectivity index (χ2n) is 7.08. The van der Waals surface area contributed by atoms with Gasteiger partial charge in [0.25, 0.3) is 5.56 Å². The number of anilines is 1. The van der Waals surface area contributed by atoms with E-state index in [4.69, 9.17) is 0 Å². The Bertz CT molecular complexity index is 1240. The van der Waals surface area contributed by atoms with Gasteiger partial charge in [0.1, 0.15) is 10.7 Å². The number of thiophene rings is 1. The highest BCUT2D eigenvalue weighted by molar-refractivity contribution is 7.99. The molecule has 0 aliphatic heterocycles. The number of fused-ring (bicyclic) bond motifs is 1. The smallest absolute Gasteiger partial charge is 0.259 e. The Morgan fingerprint density at radius 1 is 1.23 bits per heavy atom. The van der Waals surface area contributed by atoms with Crippen LogP contribution in [0.4, 0.5) is 5.69 Å². The SMILES string of the molecule is Cc1sc2nc(CS[C@H](C)C(=O)Nc3ccc(-c4ccc[nH]4)cc3)[nH]c(=O)c2c1C. The molecule has 0 radical (unpaired) electrons. The topological polar surface area (TPSA) is 90.6 Å². The summed E-state index contributed by atoms with van der Waals surface area (Å²) in [5.41, 5.74) is 3.71. The number of thioether (sulfide) groups is 1. The molecule has 1 atom stereocenters. The van der Waals surface area contributed by atoms with Crippen LogP contribution in [-0.2, 0) is 10.5 Å². The Kier molecular flexibility index (Phi) is 5.78. The van der Waals surface area contributed by atoms with Gasteiger partial charge in [-0.2, -0.15) is 0 Å². The first-order valence-corrected chi connectivity index (χ1v) is 11.4. The molecule has 1 amide bonds. The van der Waals surface area contributed by atoms with Crippen molar-refractivity contribution in [2.24, 2.45) is 0 Å². The van der Waals surface area contributed by atoms with Gasteiger partial charge in [-0.05, 0) is 56.2 Å². The molecule has 154 valence electrons. The Hall–Kier alpha value is -2.84. The molecule has 0 bridgehead atoms. The van der Waals surface area contributed by atoms with Crippen molar-refractivity contribution in [2.75, 3.05) is 5.32 Å². The molecule has 30 heavy (non-hydrogen) atoms. The second-order valence-corrected chi connectivity index (χ2v) is 9.61. The Morgan fingerprint density at radius 2 is 2.00 bits per heavy atom. The minimum atomic E-state index is -0.291. The number of carbonyl (C=O) groups is 1. The first-order valence-electron chi connectivity index (χ1n) is 9.57. The summed E-state index contributed by atoms with van der Waals surface area (Å²) in [7, 11) is 0. The minimum absolute atomic E-state index is 0.0844. The van der Waals surface area contributed by atoms with Crippen LogP contribution in [0.15, 0.2) is 47.4 Å². The molecule has 0 fully saturated rings. The van der Waals surface area contributed by atoms with Crippen molar-refractivity contribution in [1.29, 1.82) is 0 Å². The number of hydrogen-bond donors (Lipinski definition) is 3. The maximum atomic E-state index is 12.5. The lowest BCUT2D eigenvalue weighted by Crippen LogP contribution is -2.23. The third-order valence-corrected chi connectivity index (χ3v) is 7.24. The number of H-pyrrole nitrogens is 2. The Balaban J connectivity index is 1.38. The van der Waals surface area contributed by atoms with Crippen molar-refractivity contribution in [3.05, 3.63) is 69.2 Å². The number of nitrogens with zero attached hydrogens (tertiary/aromatic N) is 1. The predicted molar refractivity (Wildman–Crippen MR) is 125 cm³/mol. The molecule has 3 N–H and O–H groups in total. The fourth-order valence-corrected chi connectivity index (χ4v) is 4.94. The Labute approximate surface area is 182 Å². The van der Waals surface area contributed by atoms with E-state index in [-0.39, 0.29) is 16.7 Å². The first-order chi connectivity index (χ1) is 14.4. The lowest BCUT2D eigenvalue weighted by atomic mass is 10.1. The molecule has 0 aliphatic rings. The number of benzene rings is 1. The number of aromatic nitrogens is 3. The van der Waals surface area contributed by atoms with Crippen LogP contribution < -0.4 is 10.9 Å². The van der Waals surface area contributed by atoms with Gasteiger partial charge < -0.3 is 15.3 Å². The van der Waals surface area contributed by atoms with Crippen LogP contribution in [0.3, 0.4) is 0 Å². The molecule has 1 aromatic carbocycles. The number of aromatic amines is 2. The van der Waals surface area contributed by atoms with E-state index in [1.165, 1.54) is 23.1 Å². The second kappa shape index (κ2) is 8.49. The molecule has 0 spiro atoms. The Morgan fingerprint density at radius 3 is 2.70 bits per heavy atom. The molecule has 4 aromatic rings. The van der Waals surface area contributed by atoms with E-state index in [9.17, 15) is 9.59 Å². The van der Waals surface area contributed by atoms with Crippen LogP contribution in [0.5, 0.6) is 0 Å². The van der Waals surface area contributed by atoms with Gasteiger partial charge in [0.2, 0.25) is 5.91 Å². The van der Waals surface area contributed by atoms with E-state index in [1.54, 1.807) is 0 Å². The molecule has 0 saturated heterocycles. The quantitative estimate of drug-likeness (QED) is 0.401. The van der Waals surface area contributed by atoms with Gasteiger partial charge in [-0.1, -0.05) is 12.1 Å². The number of nitrogens with one attached hydrogen (secondary N) is 3. The molecule has 3 heterocycles. The van der Waals surface area contributed by atoms with E-state index >= 15 is 0 Å². The maximum Gasteiger partial charge on any atom is 0.259 e. The molecule has 4 rings (SSSR count). The van der Waals surface area contributed by atoms with E-state index < -0.39 is 0 Å². The summed E-state index contributed by atoms with van der Waals surface area (Å²) in [6.45, 7) is 5.78. The number of carbonyl (C=O) groups excluding carboxylic acids is 1. The largest absolute Gasteiger partial charge is 0.361 e. The molecule has 0 saturated carbocycles. The van der Waals surface area contributed by atoms with E-state index in [2.05, 4.69) is 20.3 Å². The monoisotopic (exact) mass is 438 g/mol. The predicted octanol–water partition coefficient (Wildman–Crippen LogP) is 4.86. The van der Waals surface area contributed by atoms with Gasteiger partial charge in [-0.25, -0.2) is 4.98 Å². The standard InChI is InChI=1S/C22H22N4O2S2/c1-12-13(2)30-22-19(12)21(28)25-18(26-22)11-29-14(3)20(27)24-16-8-6-15(7-9-16)17-5-4-10-23-17/h4-10,14,23H,11H2,1-3H3,(H,24,27)(H,25,26,28)/t14-/m1/s1. The van der Waals surface area contributed by atoms with Gasteiger partial charge in [0, 0.05) is 22.5 Å². The zero-order chi connectivity index (χ0) is 21.3. The first kappa shape index (κ1) is 20.4. The third-order valence-electron chi connectivity index (χ3n) is 4.99. The van der Waals surface area contributed by atoms with Gasteiger partial charge >= 0.3 is 0 Å². The summed E-state index contributed by atoms with van der Waals surface area (Å²) in [5, 5.41) is 3.32. The summed E-state index contributed by atoms with van der Waals surface area (Å²) < 4.78 is 0. The van der Waals surface area contributed by atoms with Crippen LogP contribution in [-0.4, -0.2) is 26.1 Å². The number of aryl methyl sites for hydroxylation is 2. The van der Waals surface area contributed by atoms with Crippen molar-refractivity contribution < 1.29 is 4.79 Å². The summed E-state index contributed by atoms with van der Waals surface area (Å²) in [6.07, 6.45) is 1.88. The summed E-state index contributed by atoms with van der Waals surface area (Å²) in [6, 6.07) is 11.7. The molecular formula is C22H22N4O2S2. The summed E-state index contributed by atoms with van der Waals surface area (Å²) in [5.74, 6) is 0.967. The highest BCUT2D eigenvalue weighted by Crippen LogP contribution is 2.27. The normalized spacial score (nSPS) is 12.2. The molecule has 6 nitrogen and oxygen atoms in total. The van der Waals surface area contributed by atoms with Gasteiger partial charge in [0.15, 0.2) is 0 Å². The molecule has 3 aromatic heterocycles. The summed E-state index contributed by atoms with van der Waals surface area (Å²) >= 11 is 2.97. The van der Waals surface area contributed by atoms with E-state index in [0.29, 0.717) is 17.0 Å². The van der Waals surface area contributed by atoms with E-state index in [0.717, 1.165) is 32.2 Å². The number of hydrogen-bond acceptors (Lipinski definition) is 5. The lowest BCUT2D eigenvalue weighted by molar-refractivity contribution is -0.115. The van der Waals surface area contributed by atoms with Crippen LogP contribution >= 0.6 is 23.1 Å². The average Bonchev–Trinajstić information content (AvgIpc) is 3.35. The van der Waals surface area contributed by atoms with Crippen molar-refractivity contribution in [2.45, 2.75) is 31.8 Å². The number of rotatable bonds is 6. The zero-order valence-corrected chi connectivity index (χ0v) is 18.5. The highest BCUT2D eigenvalue weighted by Gasteiger charge is 2.16. The lowest BCUT2D eigenvalue weighted by Gasteiger charge is -2.12. The average molecular weight is 439 g/mol. The minimum Gasteiger partial charge on any atom is -0.361 e. The van der Waals surface area contributed by atoms with Gasteiger partial charge in [-0.15, -0.1) is 23.1 Å². The van der Waals surface area contributed by atoms with Crippen LogP contribution in [0, 0.1) is 13.8 Å². The van der Waals surface area contributed by atoms with Crippen molar-refractivity contribution in [1.82, 2.24) is 15.0 Å². The molecular weight excluding hydrogens is 416 g/mol.